The van der Waals surface area contributed by atoms with Gasteiger partial charge in [0, 0.05) is 19.6 Å². The highest BCUT2D eigenvalue weighted by Gasteiger charge is 2.28. The number of anilines is 1. The van der Waals surface area contributed by atoms with Crippen LogP contribution >= 0.6 is 11.6 Å². The lowest BCUT2D eigenvalue weighted by Gasteiger charge is -2.21. The number of rotatable bonds is 6. The lowest BCUT2D eigenvalue weighted by Crippen LogP contribution is -2.27. The lowest BCUT2D eigenvalue weighted by molar-refractivity contribution is 0.252. The zero-order chi connectivity index (χ0) is 12.3. The SMILES string of the molecule is CCCN(Cc1nc(NC)ccc1Cl)C1CC1. The minimum Gasteiger partial charge on any atom is -0.373 e. The van der Waals surface area contributed by atoms with E-state index in [0.717, 1.165) is 35.7 Å². The second kappa shape index (κ2) is 5.69. The fraction of sp³-hybridized carbons (Fsp3) is 0.615. The van der Waals surface area contributed by atoms with Gasteiger partial charge in [-0.25, -0.2) is 4.98 Å². The maximum absolute atomic E-state index is 6.21. The number of pyridine rings is 1. The van der Waals surface area contributed by atoms with E-state index < -0.39 is 0 Å². The molecule has 1 aromatic heterocycles. The molecule has 0 saturated heterocycles. The highest BCUT2D eigenvalue weighted by Crippen LogP contribution is 2.29. The molecule has 0 unspecified atom stereocenters. The average molecular weight is 254 g/mol. The Bertz CT molecular complexity index is 377. The van der Waals surface area contributed by atoms with Crippen LogP contribution in [0.4, 0.5) is 5.82 Å². The summed E-state index contributed by atoms with van der Waals surface area (Å²) in [7, 11) is 1.88. The van der Waals surface area contributed by atoms with Crippen LogP contribution in [-0.4, -0.2) is 29.5 Å². The number of halogens is 1. The van der Waals surface area contributed by atoms with Crippen LogP contribution in [0.5, 0.6) is 0 Å². The topological polar surface area (TPSA) is 28.2 Å². The molecule has 1 saturated carbocycles. The Morgan fingerprint density at radius 1 is 1.47 bits per heavy atom. The van der Waals surface area contributed by atoms with Crippen molar-refractivity contribution in [2.24, 2.45) is 0 Å². The summed E-state index contributed by atoms with van der Waals surface area (Å²) in [4.78, 5) is 7.03. The molecule has 17 heavy (non-hydrogen) atoms. The van der Waals surface area contributed by atoms with Crippen LogP contribution in [0.1, 0.15) is 31.9 Å². The zero-order valence-corrected chi connectivity index (χ0v) is 11.3. The smallest absolute Gasteiger partial charge is 0.126 e. The fourth-order valence-corrected chi connectivity index (χ4v) is 2.21. The Kier molecular flexibility index (Phi) is 4.24. The summed E-state index contributed by atoms with van der Waals surface area (Å²) in [6, 6.07) is 4.59. The molecule has 1 aliphatic carbocycles. The van der Waals surface area contributed by atoms with Crippen molar-refractivity contribution in [1.82, 2.24) is 9.88 Å². The molecule has 0 atom stereocenters. The summed E-state index contributed by atoms with van der Waals surface area (Å²) in [6.07, 6.45) is 3.83. The van der Waals surface area contributed by atoms with Gasteiger partial charge in [-0.15, -0.1) is 0 Å². The van der Waals surface area contributed by atoms with E-state index in [1.807, 2.05) is 19.2 Å². The monoisotopic (exact) mass is 253 g/mol. The molecule has 0 aliphatic heterocycles. The van der Waals surface area contributed by atoms with E-state index in [0.29, 0.717) is 0 Å². The molecule has 0 radical (unpaired) electrons. The van der Waals surface area contributed by atoms with E-state index in [-0.39, 0.29) is 0 Å². The van der Waals surface area contributed by atoms with Crippen molar-refractivity contribution in [1.29, 1.82) is 0 Å². The van der Waals surface area contributed by atoms with E-state index in [4.69, 9.17) is 11.6 Å². The van der Waals surface area contributed by atoms with Crippen LogP contribution in [0.25, 0.3) is 0 Å². The Labute approximate surface area is 108 Å². The van der Waals surface area contributed by atoms with Crippen molar-refractivity contribution >= 4 is 17.4 Å². The van der Waals surface area contributed by atoms with E-state index in [1.54, 1.807) is 0 Å². The van der Waals surface area contributed by atoms with Gasteiger partial charge in [0.05, 0.1) is 10.7 Å². The van der Waals surface area contributed by atoms with Gasteiger partial charge >= 0.3 is 0 Å². The van der Waals surface area contributed by atoms with Gasteiger partial charge in [0.2, 0.25) is 0 Å². The van der Waals surface area contributed by atoms with Gasteiger partial charge in [0.25, 0.3) is 0 Å². The second-order valence-electron chi connectivity index (χ2n) is 4.58. The first kappa shape index (κ1) is 12.7. The third-order valence-corrected chi connectivity index (χ3v) is 3.45. The molecule has 94 valence electrons. The number of aromatic nitrogens is 1. The van der Waals surface area contributed by atoms with Crippen molar-refractivity contribution in [3.8, 4) is 0 Å². The first-order valence-electron chi connectivity index (χ1n) is 6.31. The van der Waals surface area contributed by atoms with Crippen molar-refractivity contribution < 1.29 is 0 Å². The molecule has 3 nitrogen and oxygen atoms in total. The molecule has 1 aromatic rings. The van der Waals surface area contributed by atoms with E-state index >= 15 is 0 Å². The molecular weight excluding hydrogens is 234 g/mol. The standard InChI is InChI=1S/C13H20ClN3/c1-3-8-17(10-4-5-10)9-12-11(14)6-7-13(15-2)16-12/h6-7,10H,3-5,8-9H2,1-2H3,(H,15,16). The highest BCUT2D eigenvalue weighted by atomic mass is 35.5. The molecule has 1 heterocycles. The summed E-state index contributed by atoms with van der Waals surface area (Å²) in [5.41, 5.74) is 0.985. The van der Waals surface area contributed by atoms with Crippen molar-refractivity contribution in [2.75, 3.05) is 18.9 Å². The maximum Gasteiger partial charge on any atom is 0.126 e. The van der Waals surface area contributed by atoms with Gasteiger partial charge < -0.3 is 5.32 Å². The quantitative estimate of drug-likeness (QED) is 0.844. The Morgan fingerprint density at radius 3 is 2.82 bits per heavy atom. The largest absolute Gasteiger partial charge is 0.373 e. The fourth-order valence-electron chi connectivity index (χ4n) is 2.04. The van der Waals surface area contributed by atoms with E-state index in [1.165, 1.54) is 19.3 Å². The number of nitrogens with one attached hydrogen (secondary N) is 1. The predicted molar refractivity (Wildman–Crippen MR) is 72.5 cm³/mol. The molecule has 1 aliphatic rings. The summed E-state index contributed by atoms with van der Waals surface area (Å²) in [5, 5.41) is 3.83. The van der Waals surface area contributed by atoms with Crippen LogP contribution in [0.15, 0.2) is 12.1 Å². The van der Waals surface area contributed by atoms with E-state index in [9.17, 15) is 0 Å². The Hall–Kier alpha value is -0.800. The van der Waals surface area contributed by atoms with Gasteiger partial charge in [-0.05, 0) is 37.9 Å². The molecule has 0 aromatic carbocycles. The first-order chi connectivity index (χ1) is 8.24. The van der Waals surface area contributed by atoms with E-state index in [2.05, 4.69) is 22.1 Å². The molecule has 0 spiro atoms. The minimum atomic E-state index is 0.756. The lowest BCUT2D eigenvalue weighted by atomic mass is 10.3. The Morgan fingerprint density at radius 2 is 2.24 bits per heavy atom. The van der Waals surface area contributed by atoms with Gasteiger partial charge in [0.1, 0.15) is 5.82 Å². The summed E-state index contributed by atoms with van der Waals surface area (Å²) in [6.45, 7) is 4.22. The number of hydrogen-bond donors (Lipinski definition) is 1. The van der Waals surface area contributed by atoms with Gasteiger partial charge in [0.15, 0.2) is 0 Å². The zero-order valence-electron chi connectivity index (χ0n) is 10.5. The van der Waals surface area contributed by atoms with Crippen LogP contribution in [-0.2, 0) is 6.54 Å². The molecule has 4 heteroatoms. The van der Waals surface area contributed by atoms with Gasteiger partial charge in [-0.3, -0.25) is 4.90 Å². The van der Waals surface area contributed by atoms with Crippen LogP contribution in [0.3, 0.4) is 0 Å². The molecule has 0 bridgehead atoms. The first-order valence-corrected chi connectivity index (χ1v) is 6.69. The Balaban J connectivity index is 2.09. The van der Waals surface area contributed by atoms with Crippen LogP contribution in [0.2, 0.25) is 5.02 Å². The van der Waals surface area contributed by atoms with Gasteiger partial charge in [-0.1, -0.05) is 18.5 Å². The minimum absolute atomic E-state index is 0.756. The van der Waals surface area contributed by atoms with Crippen molar-refractivity contribution in [3.05, 3.63) is 22.8 Å². The second-order valence-corrected chi connectivity index (χ2v) is 4.98. The third kappa shape index (κ3) is 3.33. The summed E-state index contributed by atoms with van der Waals surface area (Å²) >= 11 is 6.21. The third-order valence-electron chi connectivity index (χ3n) is 3.10. The number of nitrogens with zero attached hydrogens (tertiary/aromatic N) is 2. The highest BCUT2D eigenvalue weighted by molar-refractivity contribution is 6.31. The molecular formula is C13H20ClN3. The van der Waals surface area contributed by atoms with Crippen molar-refractivity contribution in [2.45, 2.75) is 38.8 Å². The summed E-state index contributed by atoms with van der Waals surface area (Å²) < 4.78 is 0. The average Bonchev–Trinajstić information content (AvgIpc) is 3.15. The van der Waals surface area contributed by atoms with Crippen LogP contribution < -0.4 is 5.32 Å². The number of hydrogen-bond acceptors (Lipinski definition) is 3. The van der Waals surface area contributed by atoms with Crippen LogP contribution in [0, 0.1) is 0 Å². The predicted octanol–water partition coefficient (Wildman–Crippen LogP) is 3.15. The van der Waals surface area contributed by atoms with Gasteiger partial charge in [-0.2, -0.15) is 0 Å². The maximum atomic E-state index is 6.21. The molecule has 1 N–H and O–H groups in total. The summed E-state index contributed by atoms with van der Waals surface area (Å²) in [5.74, 6) is 0.886. The normalized spacial score (nSPS) is 15.3. The molecule has 0 amide bonds. The van der Waals surface area contributed by atoms with Crippen molar-refractivity contribution in [3.63, 3.8) is 0 Å². The molecule has 1 fully saturated rings. The molecule has 2 rings (SSSR count).